The highest BCUT2D eigenvalue weighted by atomic mass is 16.5. The molecular formula is C18H12N2O5. The number of furan rings is 1. The maximum Gasteiger partial charge on any atom is 0.287 e. The van der Waals surface area contributed by atoms with Gasteiger partial charge in [0.25, 0.3) is 5.91 Å². The SMILES string of the molecule is O=C(NCc1cc(-c2ccco2)on1)c1cc(=O)c2ccccc2o1. The lowest BCUT2D eigenvalue weighted by molar-refractivity contribution is 0.0923. The molecule has 0 aliphatic heterocycles. The van der Waals surface area contributed by atoms with Crippen LogP contribution in [0.1, 0.15) is 16.2 Å². The third kappa shape index (κ3) is 2.94. The monoisotopic (exact) mass is 336 g/mol. The zero-order chi connectivity index (χ0) is 17.2. The van der Waals surface area contributed by atoms with Gasteiger partial charge < -0.3 is 18.7 Å². The van der Waals surface area contributed by atoms with E-state index < -0.39 is 5.91 Å². The Morgan fingerprint density at radius 2 is 1.96 bits per heavy atom. The van der Waals surface area contributed by atoms with E-state index in [2.05, 4.69) is 10.5 Å². The van der Waals surface area contributed by atoms with Gasteiger partial charge in [0.1, 0.15) is 11.3 Å². The van der Waals surface area contributed by atoms with Crippen LogP contribution in [0.5, 0.6) is 0 Å². The molecule has 0 saturated heterocycles. The normalized spacial score (nSPS) is 10.9. The van der Waals surface area contributed by atoms with Gasteiger partial charge in [-0.05, 0) is 24.3 Å². The number of nitrogens with zero attached hydrogens (tertiary/aromatic N) is 1. The summed E-state index contributed by atoms with van der Waals surface area (Å²) in [7, 11) is 0. The van der Waals surface area contributed by atoms with E-state index in [0.717, 1.165) is 0 Å². The van der Waals surface area contributed by atoms with Gasteiger partial charge in [0.15, 0.2) is 16.9 Å². The largest absolute Gasteiger partial charge is 0.461 e. The Bertz CT molecular complexity index is 1090. The predicted molar refractivity (Wildman–Crippen MR) is 87.9 cm³/mol. The summed E-state index contributed by atoms with van der Waals surface area (Å²) < 4.78 is 15.9. The Morgan fingerprint density at radius 1 is 1.08 bits per heavy atom. The first-order valence-corrected chi connectivity index (χ1v) is 7.51. The first kappa shape index (κ1) is 14.9. The van der Waals surface area contributed by atoms with Crippen molar-refractivity contribution in [1.29, 1.82) is 0 Å². The van der Waals surface area contributed by atoms with Crippen molar-refractivity contribution in [3.05, 3.63) is 76.5 Å². The third-order valence-corrected chi connectivity index (χ3v) is 3.61. The summed E-state index contributed by atoms with van der Waals surface area (Å²) in [5.74, 6) is 0.445. The summed E-state index contributed by atoms with van der Waals surface area (Å²) in [6.45, 7) is 0.125. The highest BCUT2D eigenvalue weighted by Crippen LogP contribution is 2.20. The van der Waals surface area contributed by atoms with Crippen molar-refractivity contribution in [1.82, 2.24) is 10.5 Å². The molecule has 25 heavy (non-hydrogen) atoms. The molecule has 124 valence electrons. The van der Waals surface area contributed by atoms with Gasteiger partial charge in [-0.25, -0.2) is 0 Å². The number of carbonyl (C=O) groups excluding carboxylic acids is 1. The minimum atomic E-state index is -0.509. The second kappa shape index (κ2) is 6.12. The van der Waals surface area contributed by atoms with Gasteiger partial charge in [-0.1, -0.05) is 17.3 Å². The molecule has 3 aromatic heterocycles. The standard InChI is InChI=1S/C18H12N2O5/c21-13-9-17(24-14-5-2-1-4-12(13)14)18(22)19-10-11-8-16(25-20-11)15-6-3-7-23-15/h1-9H,10H2,(H,19,22). The van der Waals surface area contributed by atoms with Gasteiger partial charge >= 0.3 is 0 Å². The zero-order valence-corrected chi connectivity index (χ0v) is 12.9. The highest BCUT2D eigenvalue weighted by molar-refractivity contribution is 5.93. The van der Waals surface area contributed by atoms with Crippen LogP contribution in [-0.4, -0.2) is 11.1 Å². The molecule has 0 atom stereocenters. The summed E-state index contributed by atoms with van der Waals surface area (Å²) in [6, 6.07) is 13.1. The second-order valence-electron chi connectivity index (χ2n) is 5.31. The summed E-state index contributed by atoms with van der Waals surface area (Å²) in [5, 5.41) is 6.93. The van der Waals surface area contributed by atoms with Crippen LogP contribution in [0.2, 0.25) is 0 Å². The number of aromatic nitrogens is 1. The van der Waals surface area contributed by atoms with Gasteiger partial charge in [-0.3, -0.25) is 9.59 Å². The van der Waals surface area contributed by atoms with Gasteiger partial charge in [0.2, 0.25) is 5.76 Å². The van der Waals surface area contributed by atoms with E-state index in [-0.39, 0.29) is 17.7 Å². The molecule has 0 unspecified atom stereocenters. The molecule has 0 aliphatic rings. The fraction of sp³-hybridized carbons (Fsp3) is 0.0556. The van der Waals surface area contributed by atoms with Crippen molar-refractivity contribution in [2.75, 3.05) is 0 Å². The Labute approximate surface area is 140 Å². The van der Waals surface area contributed by atoms with Crippen LogP contribution in [0.15, 0.2) is 72.9 Å². The van der Waals surface area contributed by atoms with Crippen molar-refractivity contribution in [3.8, 4) is 11.5 Å². The van der Waals surface area contributed by atoms with E-state index in [4.69, 9.17) is 13.4 Å². The van der Waals surface area contributed by atoms with E-state index >= 15 is 0 Å². The van der Waals surface area contributed by atoms with Crippen LogP contribution < -0.4 is 10.7 Å². The van der Waals surface area contributed by atoms with Crippen molar-refractivity contribution in [3.63, 3.8) is 0 Å². The molecule has 1 amide bonds. The van der Waals surface area contributed by atoms with Gasteiger partial charge in [-0.15, -0.1) is 0 Å². The fourth-order valence-corrected chi connectivity index (χ4v) is 2.40. The lowest BCUT2D eigenvalue weighted by Crippen LogP contribution is -2.24. The molecule has 1 aromatic carbocycles. The topological polar surface area (TPSA) is 98.5 Å². The summed E-state index contributed by atoms with van der Waals surface area (Å²) >= 11 is 0. The molecule has 0 radical (unpaired) electrons. The maximum atomic E-state index is 12.2. The number of nitrogens with one attached hydrogen (secondary N) is 1. The number of hydrogen-bond acceptors (Lipinski definition) is 6. The summed E-state index contributed by atoms with van der Waals surface area (Å²) in [4.78, 5) is 24.3. The average molecular weight is 336 g/mol. The average Bonchev–Trinajstić information content (AvgIpc) is 3.31. The molecule has 4 rings (SSSR count). The molecule has 7 nitrogen and oxygen atoms in total. The zero-order valence-electron chi connectivity index (χ0n) is 12.9. The quantitative estimate of drug-likeness (QED) is 0.615. The molecule has 0 aliphatic carbocycles. The maximum absolute atomic E-state index is 12.2. The van der Waals surface area contributed by atoms with Gasteiger partial charge in [-0.2, -0.15) is 0 Å². The summed E-state index contributed by atoms with van der Waals surface area (Å²) in [6.07, 6.45) is 1.53. The highest BCUT2D eigenvalue weighted by Gasteiger charge is 2.14. The number of amides is 1. The first-order valence-electron chi connectivity index (χ1n) is 7.51. The minimum Gasteiger partial charge on any atom is -0.461 e. The van der Waals surface area contributed by atoms with Gasteiger partial charge in [0.05, 0.1) is 18.2 Å². The Balaban J connectivity index is 1.50. The molecular weight excluding hydrogens is 324 g/mol. The Hall–Kier alpha value is -3.61. The third-order valence-electron chi connectivity index (χ3n) is 3.61. The van der Waals surface area contributed by atoms with Crippen LogP contribution in [0.4, 0.5) is 0 Å². The number of para-hydroxylation sites is 1. The molecule has 0 spiro atoms. The van der Waals surface area contributed by atoms with E-state index in [0.29, 0.717) is 28.2 Å². The van der Waals surface area contributed by atoms with Crippen LogP contribution in [0.3, 0.4) is 0 Å². The molecule has 1 N–H and O–H groups in total. The van der Waals surface area contributed by atoms with E-state index in [9.17, 15) is 9.59 Å². The number of hydrogen-bond donors (Lipinski definition) is 1. The van der Waals surface area contributed by atoms with Crippen molar-refractivity contribution < 1.29 is 18.2 Å². The van der Waals surface area contributed by atoms with Gasteiger partial charge in [0, 0.05) is 12.1 Å². The van der Waals surface area contributed by atoms with E-state index in [1.165, 1.54) is 12.3 Å². The molecule has 7 heteroatoms. The number of benzene rings is 1. The lowest BCUT2D eigenvalue weighted by atomic mass is 10.2. The number of carbonyl (C=O) groups is 1. The molecule has 0 saturated carbocycles. The molecule has 3 heterocycles. The van der Waals surface area contributed by atoms with Crippen molar-refractivity contribution >= 4 is 16.9 Å². The van der Waals surface area contributed by atoms with E-state index in [1.807, 2.05) is 0 Å². The number of fused-ring (bicyclic) bond motifs is 1. The van der Waals surface area contributed by atoms with Crippen LogP contribution in [-0.2, 0) is 6.54 Å². The lowest BCUT2D eigenvalue weighted by Gasteiger charge is -2.03. The Morgan fingerprint density at radius 3 is 2.80 bits per heavy atom. The smallest absolute Gasteiger partial charge is 0.287 e. The second-order valence-corrected chi connectivity index (χ2v) is 5.31. The molecule has 0 bridgehead atoms. The first-order chi connectivity index (χ1) is 12.2. The predicted octanol–water partition coefficient (Wildman–Crippen LogP) is 2.97. The Kier molecular flexibility index (Phi) is 3.66. The van der Waals surface area contributed by atoms with Crippen LogP contribution >= 0.6 is 0 Å². The minimum absolute atomic E-state index is 0.0570. The molecule has 0 fully saturated rings. The van der Waals surface area contributed by atoms with Crippen LogP contribution in [0, 0.1) is 0 Å². The van der Waals surface area contributed by atoms with E-state index in [1.54, 1.807) is 42.5 Å². The van der Waals surface area contributed by atoms with Crippen molar-refractivity contribution in [2.45, 2.75) is 6.54 Å². The fourth-order valence-electron chi connectivity index (χ4n) is 2.40. The van der Waals surface area contributed by atoms with Crippen LogP contribution in [0.25, 0.3) is 22.5 Å². The van der Waals surface area contributed by atoms with Crippen molar-refractivity contribution in [2.24, 2.45) is 0 Å². The molecule has 4 aromatic rings. The number of rotatable bonds is 4. The summed E-state index contributed by atoms with van der Waals surface area (Å²) in [5.41, 5.74) is 0.609.